The van der Waals surface area contributed by atoms with Gasteiger partial charge in [0.05, 0.1) is 0 Å². The number of carbonyl (C=O) groups excluding carboxylic acids is 1. The molecule has 0 saturated carbocycles. The maximum absolute atomic E-state index is 10.8. The van der Waals surface area contributed by atoms with Crippen LogP contribution >= 0.6 is 0 Å². The molecule has 2 aromatic rings. The standard InChI is InChI=1S/C17H17NO/c1-12(19)18-11-3-5-13-7-8-15-10-9-14-4-2-6-16(13)17(14)15/h2-8H,9-11H2,1H3,(H,18,19). The molecule has 0 saturated heterocycles. The van der Waals surface area contributed by atoms with Crippen molar-refractivity contribution in [2.75, 3.05) is 6.54 Å². The van der Waals surface area contributed by atoms with Gasteiger partial charge < -0.3 is 5.32 Å². The van der Waals surface area contributed by atoms with Gasteiger partial charge in [-0.3, -0.25) is 4.79 Å². The minimum absolute atomic E-state index is 0.00468. The van der Waals surface area contributed by atoms with Gasteiger partial charge in [-0.05, 0) is 40.3 Å². The van der Waals surface area contributed by atoms with Crippen molar-refractivity contribution in [1.29, 1.82) is 0 Å². The molecule has 0 aliphatic heterocycles. The first kappa shape index (κ1) is 12.0. The number of hydrogen-bond acceptors (Lipinski definition) is 1. The van der Waals surface area contributed by atoms with E-state index in [0.29, 0.717) is 6.54 Å². The first-order valence-electron chi connectivity index (χ1n) is 6.70. The second-order valence-electron chi connectivity index (χ2n) is 4.99. The van der Waals surface area contributed by atoms with Crippen LogP contribution in [-0.4, -0.2) is 12.5 Å². The molecule has 0 fully saturated rings. The van der Waals surface area contributed by atoms with Gasteiger partial charge >= 0.3 is 0 Å². The Balaban J connectivity index is 1.95. The first-order valence-corrected chi connectivity index (χ1v) is 6.70. The summed E-state index contributed by atoms with van der Waals surface area (Å²) in [5.74, 6) is 0.00468. The van der Waals surface area contributed by atoms with Crippen LogP contribution in [0.25, 0.3) is 16.8 Å². The molecule has 1 aliphatic carbocycles. The van der Waals surface area contributed by atoms with E-state index in [1.165, 1.54) is 34.4 Å². The Morgan fingerprint density at radius 2 is 2.00 bits per heavy atom. The van der Waals surface area contributed by atoms with Crippen molar-refractivity contribution in [2.45, 2.75) is 19.8 Å². The molecule has 96 valence electrons. The molecule has 19 heavy (non-hydrogen) atoms. The van der Waals surface area contributed by atoms with E-state index in [1.54, 1.807) is 0 Å². The van der Waals surface area contributed by atoms with Crippen LogP contribution in [0.2, 0.25) is 0 Å². The van der Waals surface area contributed by atoms with E-state index in [4.69, 9.17) is 0 Å². The average molecular weight is 251 g/mol. The SMILES string of the molecule is CC(=O)NCC=Cc1ccc2c3c(cccc13)CC2. The van der Waals surface area contributed by atoms with E-state index in [2.05, 4.69) is 41.7 Å². The zero-order valence-electron chi connectivity index (χ0n) is 11.1. The van der Waals surface area contributed by atoms with Gasteiger partial charge in [0.1, 0.15) is 0 Å². The van der Waals surface area contributed by atoms with Gasteiger partial charge in [0, 0.05) is 13.5 Å². The third-order valence-corrected chi connectivity index (χ3v) is 3.68. The highest BCUT2D eigenvalue weighted by molar-refractivity contribution is 5.96. The van der Waals surface area contributed by atoms with Gasteiger partial charge in [-0.25, -0.2) is 0 Å². The molecule has 0 heterocycles. The van der Waals surface area contributed by atoms with Crippen LogP contribution in [0, 0.1) is 0 Å². The number of nitrogens with one attached hydrogen (secondary N) is 1. The molecule has 0 spiro atoms. The predicted octanol–water partition coefficient (Wildman–Crippen LogP) is 3.09. The fourth-order valence-corrected chi connectivity index (χ4v) is 2.80. The summed E-state index contributed by atoms with van der Waals surface area (Å²) in [5.41, 5.74) is 4.15. The Morgan fingerprint density at radius 3 is 2.79 bits per heavy atom. The molecule has 2 aromatic carbocycles. The van der Waals surface area contributed by atoms with E-state index in [9.17, 15) is 4.79 Å². The summed E-state index contributed by atoms with van der Waals surface area (Å²) >= 11 is 0. The maximum atomic E-state index is 10.8. The van der Waals surface area contributed by atoms with Gasteiger partial charge in [-0.1, -0.05) is 42.5 Å². The van der Waals surface area contributed by atoms with E-state index < -0.39 is 0 Å². The summed E-state index contributed by atoms with van der Waals surface area (Å²) in [6.07, 6.45) is 6.41. The highest BCUT2D eigenvalue weighted by atomic mass is 16.1. The van der Waals surface area contributed by atoms with Crippen LogP contribution in [-0.2, 0) is 17.6 Å². The van der Waals surface area contributed by atoms with Crippen molar-refractivity contribution < 1.29 is 4.79 Å². The quantitative estimate of drug-likeness (QED) is 0.892. The van der Waals surface area contributed by atoms with Crippen LogP contribution < -0.4 is 5.32 Å². The van der Waals surface area contributed by atoms with Gasteiger partial charge in [-0.15, -0.1) is 0 Å². The van der Waals surface area contributed by atoms with Crippen molar-refractivity contribution in [3.63, 3.8) is 0 Å². The smallest absolute Gasteiger partial charge is 0.217 e. The Bertz CT molecular complexity index is 660. The topological polar surface area (TPSA) is 29.1 Å². The Hall–Kier alpha value is -2.09. The zero-order valence-corrected chi connectivity index (χ0v) is 11.1. The summed E-state index contributed by atoms with van der Waals surface area (Å²) in [7, 11) is 0. The van der Waals surface area contributed by atoms with Crippen molar-refractivity contribution >= 4 is 22.8 Å². The molecule has 1 amide bonds. The molecular weight excluding hydrogens is 234 g/mol. The van der Waals surface area contributed by atoms with E-state index in [0.717, 1.165) is 12.8 Å². The molecule has 0 unspecified atom stereocenters. The van der Waals surface area contributed by atoms with Gasteiger partial charge in [0.2, 0.25) is 5.91 Å². The van der Waals surface area contributed by atoms with Crippen molar-refractivity contribution in [2.24, 2.45) is 0 Å². The Kier molecular flexibility index (Phi) is 3.08. The van der Waals surface area contributed by atoms with Gasteiger partial charge in [0.15, 0.2) is 0 Å². The third kappa shape index (κ3) is 2.26. The minimum Gasteiger partial charge on any atom is -0.353 e. The number of rotatable bonds is 3. The number of benzene rings is 2. The average Bonchev–Trinajstić information content (AvgIpc) is 2.82. The maximum Gasteiger partial charge on any atom is 0.217 e. The second kappa shape index (κ2) is 4.88. The highest BCUT2D eigenvalue weighted by Crippen LogP contribution is 2.33. The molecule has 0 aromatic heterocycles. The minimum atomic E-state index is 0.00468. The summed E-state index contributed by atoms with van der Waals surface area (Å²) in [6.45, 7) is 2.12. The number of carbonyl (C=O) groups is 1. The number of hydrogen-bond donors (Lipinski definition) is 1. The number of aryl methyl sites for hydroxylation is 2. The molecule has 0 radical (unpaired) electrons. The number of amides is 1. The molecular formula is C17H17NO. The van der Waals surface area contributed by atoms with Crippen molar-refractivity contribution in [3.05, 3.63) is 53.1 Å². The lowest BCUT2D eigenvalue weighted by Gasteiger charge is -2.05. The van der Waals surface area contributed by atoms with Crippen molar-refractivity contribution in [3.8, 4) is 0 Å². The van der Waals surface area contributed by atoms with E-state index >= 15 is 0 Å². The summed E-state index contributed by atoms with van der Waals surface area (Å²) < 4.78 is 0. The second-order valence-corrected chi connectivity index (χ2v) is 4.99. The molecule has 0 bridgehead atoms. The van der Waals surface area contributed by atoms with Crippen LogP contribution in [0.1, 0.15) is 23.6 Å². The highest BCUT2D eigenvalue weighted by Gasteiger charge is 2.14. The van der Waals surface area contributed by atoms with E-state index in [1.807, 2.05) is 6.08 Å². The molecule has 2 nitrogen and oxygen atoms in total. The van der Waals surface area contributed by atoms with Crippen LogP contribution in [0.15, 0.2) is 36.4 Å². The lowest BCUT2D eigenvalue weighted by molar-refractivity contribution is -0.118. The van der Waals surface area contributed by atoms with Crippen molar-refractivity contribution in [1.82, 2.24) is 5.32 Å². The Labute approximate surface area is 113 Å². The molecule has 1 aliphatic rings. The molecule has 3 rings (SSSR count). The molecule has 1 N–H and O–H groups in total. The van der Waals surface area contributed by atoms with Crippen LogP contribution in [0.4, 0.5) is 0 Å². The fourth-order valence-electron chi connectivity index (χ4n) is 2.80. The predicted molar refractivity (Wildman–Crippen MR) is 79.1 cm³/mol. The summed E-state index contributed by atoms with van der Waals surface area (Å²) in [5, 5.41) is 5.53. The fraction of sp³-hybridized carbons (Fsp3) is 0.235. The monoisotopic (exact) mass is 251 g/mol. The molecule has 0 atom stereocenters. The lowest BCUT2D eigenvalue weighted by Crippen LogP contribution is -2.19. The van der Waals surface area contributed by atoms with E-state index in [-0.39, 0.29) is 5.91 Å². The van der Waals surface area contributed by atoms with Gasteiger partial charge in [-0.2, -0.15) is 0 Å². The zero-order chi connectivity index (χ0) is 13.2. The lowest BCUT2D eigenvalue weighted by atomic mass is 10.00. The normalized spacial score (nSPS) is 13.3. The largest absolute Gasteiger partial charge is 0.353 e. The third-order valence-electron chi connectivity index (χ3n) is 3.68. The summed E-state index contributed by atoms with van der Waals surface area (Å²) in [6, 6.07) is 11.0. The van der Waals surface area contributed by atoms with Gasteiger partial charge in [0.25, 0.3) is 0 Å². The first-order chi connectivity index (χ1) is 9.25. The molecule has 2 heteroatoms. The van der Waals surface area contributed by atoms with Crippen LogP contribution in [0.3, 0.4) is 0 Å². The van der Waals surface area contributed by atoms with Crippen LogP contribution in [0.5, 0.6) is 0 Å². The summed E-state index contributed by atoms with van der Waals surface area (Å²) in [4.78, 5) is 10.8. The Morgan fingerprint density at radius 1 is 1.21 bits per heavy atom.